The maximum Gasteiger partial charge on any atom is 0.319 e. The second-order valence-corrected chi connectivity index (χ2v) is 14.3. The van der Waals surface area contributed by atoms with Crippen LogP contribution in [0.2, 0.25) is 0 Å². The highest BCUT2D eigenvalue weighted by Crippen LogP contribution is 2.39. The Morgan fingerprint density at radius 2 is 1.49 bits per heavy atom. The third kappa shape index (κ3) is 10.9. The lowest BCUT2D eigenvalue weighted by Crippen LogP contribution is -2.39. The number of carbonyl (C=O) groups is 1. The van der Waals surface area contributed by atoms with Crippen LogP contribution in [0.1, 0.15) is 52.7 Å². The van der Waals surface area contributed by atoms with Crippen LogP contribution in [-0.4, -0.2) is 52.5 Å². The van der Waals surface area contributed by atoms with E-state index in [-0.39, 0.29) is 30.6 Å². The highest BCUT2D eigenvalue weighted by Gasteiger charge is 2.33. The van der Waals surface area contributed by atoms with Crippen molar-refractivity contribution < 1.29 is 34.3 Å². The average molecular weight is 766 g/mol. The first-order valence-electron chi connectivity index (χ1n) is 19.0. The molecule has 0 saturated carbocycles. The normalized spacial score (nSPS) is 17.2. The Kier molecular flexibility index (Phi) is 12.9. The van der Waals surface area contributed by atoms with Crippen molar-refractivity contribution in [2.75, 3.05) is 25.5 Å². The summed E-state index contributed by atoms with van der Waals surface area (Å²) >= 11 is 0. The number of nitrogens with one attached hydrogen (secondary N) is 2. The Labute approximate surface area is 332 Å². The predicted octanol–water partition coefficient (Wildman–Crippen LogP) is 8.88. The summed E-state index contributed by atoms with van der Waals surface area (Å²) in [7, 11) is 1.94. The van der Waals surface area contributed by atoms with Crippen LogP contribution in [-0.2, 0) is 22.6 Å². The molecule has 0 unspecified atom stereocenters. The number of carbonyl (C=O) groups excluding carboxylic acids is 1. The first-order chi connectivity index (χ1) is 27.8. The van der Waals surface area contributed by atoms with Crippen molar-refractivity contribution in [3.8, 4) is 28.4 Å². The maximum atomic E-state index is 12.8. The fraction of sp³-hybridized carbons (Fsp3) is 0.213. The van der Waals surface area contributed by atoms with Gasteiger partial charge in [0.05, 0.1) is 24.9 Å². The number of likely N-dealkylation sites (N-methyl/N-ethyl adjacent to an activating group) is 1. The number of aliphatic hydroxyl groups excluding tert-OH is 2. The lowest BCUT2D eigenvalue weighted by atomic mass is 9.98. The number of urea groups is 1. The van der Waals surface area contributed by atoms with Gasteiger partial charge in [-0.2, -0.15) is 0 Å². The minimum atomic E-state index is -0.783. The summed E-state index contributed by atoms with van der Waals surface area (Å²) in [5, 5.41) is 36.3. The summed E-state index contributed by atoms with van der Waals surface area (Å²) in [4.78, 5) is 14.8. The molecule has 0 bridgehead atoms. The molecule has 2 amide bonds. The summed E-state index contributed by atoms with van der Waals surface area (Å²) in [5.41, 5.74) is 6.86. The highest BCUT2D eigenvalue weighted by atomic mass is 16.7. The van der Waals surface area contributed by atoms with Crippen LogP contribution in [0.15, 0.2) is 152 Å². The Hall–Kier alpha value is -6.01. The molecule has 0 aliphatic carbocycles. The summed E-state index contributed by atoms with van der Waals surface area (Å²) < 4.78 is 19.1. The lowest BCUT2D eigenvalue weighted by Gasteiger charge is -2.38. The second kappa shape index (κ2) is 18.8. The zero-order valence-corrected chi connectivity index (χ0v) is 31.7. The van der Waals surface area contributed by atoms with Crippen molar-refractivity contribution in [2.45, 2.75) is 44.2 Å². The number of hydrogen-bond acceptors (Lipinski definition) is 8. The molecule has 1 aliphatic rings. The van der Waals surface area contributed by atoms with Crippen molar-refractivity contribution in [1.29, 1.82) is 0 Å². The molecular formula is C47H47N3O7. The van der Waals surface area contributed by atoms with Gasteiger partial charge in [-0.1, -0.05) is 91.0 Å². The molecule has 6 aromatic rings. The average Bonchev–Trinajstić information content (AvgIpc) is 3.24. The van der Waals surface area contributed by atoms with Crippen molar-refractivity contribution >= 4 is 11.7 Å². The van der Waals surface area contributed by atoms with Crippen molar-refractivity contribution in [3.05, 3.63) is 179 Å². The van der Waals surface area contributed by atoms with E-state index >= 15 is 0 Å². The van der Waals surface area contributed by atoms with E-state index in [1.165, 1.54) is 0 Å². The summed E-state index contributed by atoms with van der Waals surface area (Å²) in [6, 6.07) is 47.0. The van der Waals surface area contributed by atoms with Gasteiger partial charge in [0, 0.05) is 37.3 Å². The number of anilines is 1. The number of amides is 2. The monoisotopic (exact) mass is 765 g/mol. The van der Waals surface area contributed by atoms with Gasteiger partial charge in [0.2, 0.25) is 0 Å². The SMILES string of the molecule is CN(C[C@@H]1C[C@H](c2ccc(CO)cc2)O[C@H](c2cccc(-c3cccc(CNC(=O)Nc4ccc(Oc5ccccc5)cc4)c3)c2)O1)C[C@@H](O)c1cccc(O)c1. The summed E-state index contributed by atoms with van der Waals surface area (Å²) in [6.07, 6.45) is -1.34. The molecule has 57 heavy (non-hydrogen) atoms. The largest absolute Gasteiger partial charge is 0.508 e. The Morgan fingerprint density at radius 3 is 2.25 bits per heavy atom. The van der Waals surface area contributed by atoms with Crippen molar-refractivity contribution in [2.24, 2.45) is 0 Å². The molecular weight excluding hydrogens is 719 g/mol. The third-order valence-electron chi connectivity index (χ3n) is 9.83. The number of benzene rings is 6. The molecule has 6 aromatic carbocycles. The molecule has 1 aliphatic heterocycles. The van der Waals surface area contributed by atoms with E-state index in [4.69, 9.17) is 14.2 Å². The van der Waals surface area contributed by atoms with Crippen molar-refractivity contribution in [3.63, 3.8) is 0 Å². The number of para-hydroxylation sites is 1. The lowest BCUT2D eigenvalue weighted by molar-refractivity contribution is -0.252. The number of hydrogen-bond donors (Lipinski definition) is 5. The topological polar surface area (TPSA) is 133 Å². The van der Waals surface area contributed by atoms with Crippen LogP contribution in [0.3, 0.4) is 0 Å². The van der Waals surface area contributed by atoms with Gasteiger partial charge in [0.15, 0.2) is 6.29 Å². The first kappa shape index (κ1) is 39.2. The number of rotatable bonds is 14. The Bertz CT molecular complexity index is 2220. The minimum Gasteiger partial charge on any atom is -0.508 e. The van der Waals surface area contributed by atoms with E-state index in [0.29, 0.717) is 43.1 Å². The molecule has 292 valence electrons. The predicted molar refractivity (Wildman–Crippen MR) is 220 cm³/mol. The molecule has 5 N–H and O–H groups in total. The Morgan fingerprint density at radius 1 is 0.772 bits per heavy atom. The molecule has 0 radical (unpaired) electrons. The number of phenols is 1. The van der Waals surface area contributed by atoms with Crippen LogP contribution in [0, 0.1) is 0 Å². The fourth-order valence-corrected chi connectivity index (χ4v) is 6.90. The Balaban J connectivity index is 1.00. The number of ether oxygens (including phenoxy) is 3. The van der Waals surface area contributed by atoms with Gasteiger partial charge in [0.25, 0.3) is 0 Å². The number of phenolic OH excluding ortho intramolecular Hbond substituents is 1. The van der Waals surface area contributed by atoms with Crippen LogP contribution < -0.4 is 15.4 Å². The van der Waals surface area contributed by atoms with Gasteiger partial charge < -0.3 is 45.1 Å². The molecule has 4 atom stereocenters. The maximum absolute atomic E-state index is 12.8. The molecule has 1 fully saturated rings. The standard InChI is InChI=1S/C47H47N3O7/c1-50(30-44(53)37-11-7-13-40(52)26-37)29-43-27-45(34-18-16-32(31-51)17-19-34)57-46(56-43)38-12-6-10-36(25-38)35-9-5-8-33(24-35)28-48-47(54)49-39-20-22-42(23-21-39)55-41-14-3-2-4-15-41/h2-26,43-46,51-53H,27-31H2,1H3,(H2,48,49,54)/t43-,44+,45+,46+/m0/s1. The van der Waals surface area contributed by atoms with E-state index < -0.39 is 12.4 Å². The zero-order valence-electron chi connectivity index (χ0n) is 31.7. The molecule has 0 aromatic heterocycles. The van der Waals surface area contributed by atoms with Gasteiger partial charge in [-0.15, -0.1) is 0 Å². The van der Waals surface area contributed by atoms with Gasteiger partial charge >= 0.3 is 6.03 Å². The molecule has 10 nitrogen and oxygen atoms in total. The molecule has 10 heteroatoms. The number of nitrogens with zero attached hydrogens (tertiary/aromatic N) is 1. The summed E-state index contributed by atoms with van der Waals surface area (Å²) in [5.74, 6) is 1.53. The van der Waals surface area contributed by atoms with Gasteiger partial charge in [0.1, 0.15) is 17.2 Å². The van der Waals surface area contributed by atoms with Gasteiger partial charge in [-0.3, -0.25) is 0 Å². The molecule has 1 heterocycles. The van der Waals surface area contributed by atoms with E-state index in [1.54, 1.807) is 36.4 Å². The summed E-state index contributed by atoms with van der Waals surface area (Å²) in [6.45, 7) is 1.18. The minimum absolute atomic E-state index is 0.0375. The molecule has 0 spiro atoms. The van der Waals surface area contributed by atoms with Crippen LogP contribution in [0.4, 0.5) is 10.5 Å². The third-order valence-corrected chi connectivity index (χ3v) is 9.83. The van der Waals surface area contributed by atoms with Gasteiger partial charge in [-0.25, -0.2) is 4.79 Å². The van der Waals surface area contributed by atoms with E-state index in [1.807, 2.05) is 115 Å². The number of aliphatic hydroxyl groups is 2. The van der Waals surface area contributed by atoms with E-state index in [2.05, 4.69) is 22.8 Å². The van der Waals surface area contributed by atoms with Crippen LogP contribution >= 0.6 is 0 Å². The molecule has 7 rings (SSSR count). The zero-order chi connectivity index (χ0) is 39.6. The molecule has 1 saturated heterocycles. The van der Waals surface area contributed by atoms with Crippen molar-refractivity contribution in [1.82, 2.24) is 10.2 Å². The second-order valence-electron chi connectivity index (χ2n) is 14.3. The van der Waals surface area contributed by atoms with Crippen LogP contribution in [0.25, 0.3) is 11.1 Å². The van der Waals surface area contributed by atoms with Crippen LogP contribution in [0.5, 0.6) is 17.2 Å². The smallest absolute Gasteiger partial charge is 0.319 e. The quantitative estimate of drug-likeness (QED) is 0.0743. The highest BCUT2D eigenvalue weighted by molar-refractivity contribution is 5.89. The van der Waals surface area contributed by atoms with E-state index in [9.17, 15) is 20.1 Å². The van der Waals surface area contributed by atoms with E-state index in [0.717, 1.165) is 39.1 Å². The number of aromatic hydroxyl groups is 1. The fourth-order valence-electron chi connectivity index (χ4n) is 6.90. The first-order valence-corrected chi connectivity index (χ1v) is 19.0. The van der Waals surface area contributed by atoms with Gasteiger partial charge in [-0.05, 0) is 101 Å².